The lowest BCUT2D eigenvalue weighted by Crippen LogP contribution is -2.31. The van der Waals surface area contributed by atoms with Crippen LogP contribution in [0.2, 0.25) is 0 Å². The van der Waals surface area contributed by atoms with E-state index in [0.717, 1.165) is 25.9 Å². The molecule has 0 bridgehead atoms. The van der Waals surface area contributed by atoms with Gasteiger partial charge in [0, 0.05) is 13.1 Å². The first kappa shape index (κ1) is 9.97. The van der Waals surface area contributed by atoms with E-state index in [1.165, 1.54) is 17.2 Å². The number of rotatable bonds is 1. The van der Waals surface area contributed by atoms with Gasteiger partial charge in [-0.25, -0.2) is 0 Å². The Hall–Kier alpha value is -1.57. The maximum Gasteiger partial charge on any atom is 0.245 e. The lowest BCUT2D eigenvalue weighted by Gasteiger charge is -2.17. The van der Waals surface area contributed by atoms with Crippen molar-refractivity contribution in [2.45, 2.75) is 12.8 Å². The molecule has 0 unspecified atom stereocenters. The maximum atomic E-state index is 11.5. The van der Waals surface area contributed by atoms with E-state index in [0.29, 0.717) is 0 Å². The Bertz CT molecular complexity index is 357. The first-order chi connectivity index (χ1) is 7.31. The quantitative estimate of drug-likeness (QED) is 0.634. The van der Waals surface area contributed by atoms with Crippen molar-refractivity contribution in [2.75, 3.05) is 13.1 Å². The molecule has 0 aliphatic carbocycles. The summed E-state index contributed by atoms with van der Waals surface area (Å²) in [4.78, 5) is 13.3. The summed E-state index contributed by atoms with van der Waals surface area (Å²) in [7, 11) is 0. The molecule has 0 spiro atoms. The number of hydrogen-bond donors (Lipinski definition) is 0. The van der Waals surface area contributed by atoms with Crippen molar-refractivity contribution in [3.63, 3.8) is 0 Å². The van der Waals surface area contributed by atoms with Crippen LogP contribution in [0.1, 0.15) is 11.1 Å². The van der Waals surface area contributed by atoms with Gasteiger partial charge in [0.15, 0.2) is 0 Å². The van der Waals surface area contributed by atoms with Crippen LogP contribution in [0.15, 0.2) is 36.9 Å². The predicted octanol–water partition coefficient (Wildman–Crippen LogP) is 1.80. The molecule has 2 nitrogen and oxygen atoms in total. The number of carbonyl (C=O) groups excluding carboxylic acids is 1. The maximum absolute atomic E-state index is 11.5. The molecule has 1 aromatic carbocycles. The second-order valence-corrected chi connectivity index (χ2v) is 3.80. The van der Waals surface area contributed by atoms with Gasteiger partial charge in [-0.15, -0.1) is 0 Å². The van der Waals surface area contributed by atoms with Gasteiger partial charge < -0.3 is 4.90 Å². The average Bonchev–Trinajstić information content (AvgIpc) is 2.50. The zero-order valence-electron chi connectivity index (χ0n) is 8.78. The topological polar surface area (TPSA) is 20.3 Å². The summed E-state index contributed by atoms with van der Waals surface area (Å²) in [6, 6.07) is 8.42. The SMILES string of the molecule is C=CC(=O)N1CCc2ccccc2CC1. The monoisotopic (exact) mass is 201 g/mol. The molecule has 78 valence electrons. The van der Waals surface area contributed by atoms with E-state index in [1.807, 2.05) is 4.90 Å². The molecule has 0 aromatic heterocycles. The summed E-state index contributed by atoms with van der Waals surface area (Å²) < 4.78 is 0. The van der Waals surface area contributed by atoms with Gasteiger partial charge in [0.05, 0.1) is 0 Å². The molecule has 0 fully saturated rings. The third kappa shape index (κ3) is 2.09. The highest BCUT2D eigenvalue weighted by Gasteiger charge is 2.15. The molecule has 1 aliphatic heterocycles. The van der Waals surface area contributed by atoms with Gasteiger partial charge in [0.25, 0.3) is 0 Å². The molecule has 1 aliphatic rings. The summed E-state index contributed by atoms with van der Waals surface area (Å²) in [5.74, 6) is 0.0443. The molecule has 0 atom stereocenters. The lowest BCUT2D eigenvalue weighted by atomic mass is 10.0. The third-order valence-corrected chi connectivity index (χ3v) is 2.91. The van der Waals surface area contributed by atoms with Gasteiger partial charge in [-0.05, 0) is 30.0 Å². The molecule has 0 radical (unpaired) electrons. The van der Waals surface area contributed by atoms with Crippen LogP contribution >= 0.6 is 0 Å². The molecular weight excluding hydrogens is 186 g/mol. The zero-order valence-corrected chi connectivity index (χ0v) is 8.78. The fourth-order valence-corrected chi connectivity index (χ4v) is 2.02. The highest BCUT2D eigenvalue weighted by Crippen LogP contribution is 2.15. The number of benzene rings is 1. The van der Waals surface area contributed by atoms with Gasteiger partial charge in [-0.3, -0.25) is 4.79 Å². The minimum atomic E-state index is 0.0443. The van der Waals surface area contributed by atoms with E-state index in [2.05, 4.69) is 30.8 Å². The molecule has 0 N–H and O–H groups in total. The second kappa shape index (κ2) is 4.30. The molecule has 0 saturated carbocycles. The Morgan fingerprint density at radius 1 is 1.20 bits per heavy atom. The number of hydrogen-bond acceptors (Lipinski definition) is 1. The first-order valence-corrected chi connectivity index (χ1v) is 5.29. The van der Waals surface area contributed by atoms with Crippen molar-refractivity contribution in [3.8, 4) is 0 Å². The van der Waals surface area contributed by atoms with E-state index < -0.39 is 0 Å². The Balaban J connectivity index is 2.15. The molecule has 1 aromatic rings. The van der Waals surface area contributed by atoms with Crippen LogP contribution in [0.3, 0.4) is 0 Å². The van der Waals surface area contributed by atoms with E-state index in [1.54, 1.807) is 0 Å². The molecule has 2 rings (SSSR count). The van der Waals surface area contributed by atoms with Gasteiger partial charge in [0.2, 0.25) is 5.91 Å². The average molecular weight is 201 g/mol. The van der Waals surface area contributed by atoms with Crippen molar-refractivity contribution >= 4 is 5.91 Å². The molecule has 1 heterocycles. The standard InChI is InChI=1S/C13H15NO/c1-2-13(15)14-9-7-11-5-3-4-6-12(11)8-10-14/h2-6H,1,7-10H2. The smallest absolute Gasteiger partial charge is 0.245 e. The lowest BCUT2D eigenvalue weighted by molar-refractivity contribution is -0.125. The first-order valence-electron chi connectivity index (χ1n) is 5.29. The van der Waals surface area contributed by atoms with Crippen LogP contribution < -0.4 is 0 Å². The van der Waals surface area contributed by atoms with Crippen LogP contribution in [0, 0.1) is 0 Å². The number of fused-ring (bicyclic) bond motifs is 1. The van der Waals surface area contributed by atoms with Crippen LogP contribution in [0.5, 0.6) is 0 Å². The van der Waals surface area contributed by atoms with Crippen LogP contribution in [0.25, 0.3) is 0 Å². The highest BCUT2D eigenvalue weighted by molar-refractivity contribution is 5.87. The third-order valence-electron chi connectivity index (χ3n) is 2.91. The van der Waals surface area contributed by atoms with E-state index in [4.69, 9.17) is 0 Å². The molecule has 15 heavy (non-hydrogen) atoms. The normalized spacial score (nSPS) is 15.3. The fraction of sp³-hybridized carbons (Fsp3) is 0.308. The van der Waals surface area contributed by atoms with Crippen molar-refractivity contribution in [3.05, 3.63) is 48.0 Å². The van der Waals surface area contributed by atoms with E-state index in [-0.39, 0.29) is 5.91 Å². The summed E-state index contributed by atoms with van der Waals surface area (Å²) in [6.45, 7) is 5.14. The minimum absolute atomic E-state index is 0.0443. The van der Waals surface area contributed by atoms with Crippen molar-refractivity contribution in [2.24, 2.45) is 0 Å². The van der Waals surface area contributed by atoms with Crippen LogP contribution in [0.4, 0.5) is 0 Å². The second-order valence-electron chi connectivity index (χ2n) is 3.80. The molecule has 2 heteroatoms. The summed E-state index contributed by atoms with van der Waals surface area (Å²) >= 11 is 0. The molecule has 1 amide bonds. The Kier molecular flexibility index (Phi) is 2.86. The predicted molar refractivity (Wildman–Crippen MR) is 60.6 cm³/mol. The molecule has 0 saturated heterocycles. The van der Waals surface area contributed by atoms with Gasteiger partial charge in [-0.1, -0.05) is 30.8 Å². The summed E-state index contributed by atoms with van der Waals surface area (Å²) in [5.41, 5.74) is 2.74. The Morgan fingerprint density at radius 3 is 2.20 bits per heavy atom. The number of carbonyl (C=O) groups is 1. The van der Waals surface area contributed by atoms with Crippen molar-refractivity contribution in [1.82, 2.24) is 4.90 Å². The molecular formula is C13H15NO. The summed E-state index contributed by atoms with van der Waals surface area (Å²) in [6.07, 6.45) is 3.31. The van der Waals surface area contributed by atoms with Crippen molar-refractivity contribution in [1.29, 1.82) is 0 Å². The highest BCUT2D eigenvalue weighted by atomic mass is 16.2. The van der Waals surface area contributed by atoms with E-state index in [9.17, 15) is 4.79 Å². The Labute approximate surface area is 90.2 Å². The van der Waals surface area contributed by atoms with Gasteiger partial charge >= 0.3 is 0 Å². The Morgan fingerprint density at radius 2 is 1.73 bits per heavy atom. The minimum Gasteiger partial charge on any atom is -0.339 e. The number of nitrogens with zero attached hydrogens (tertiary/aromatic N) is 1. The van der Waals surface area contributed by atoms with E-state index >= 15 is 0 Å². The zero-order chi connectivity index (χ0) is 10.7. The largest absolute Gasteiger partial charge is 0.339 e. The number of amides is 1. The summed E-state index contributed by atoms with van der Waals surface area (Å²) in [5, 5.41) is 0. The van der Waals surface area contributed by atoms with Crippen LogP contribution in [-0.2, 0) is 17.6 Å². The van der Waals surface area contributed by atoms with Crippen LogP contribution in [-0.4, -0.2) is 23.9 Å². The van der Waals surface area contributed by atoms with Crippen molar-refractivity contribution < 1.29 is 4.79 Å². The van der Waals surface area contributed by atoms with Gasteiger partial charge in [-0.2, -0.15) is 0 Å². The van der Waals surface area contributed by atoms with Gasteiger partial charge in [0.1, 0.15) is 0 Å². The fourth-order valence-electron chi connectivity index (χ4n) is 2.02.